The normalized spacial score (nSPS) is 14.9. The van der Waals surface area contributed by atoms with Gasteiger partial charge in [0.1, 0.15) is 11.3 Å². The van der Waals surface area contributed by atoms with Crippen molar-refractivity contribution >= 4 is 46.4 Å². The second-order valence-electron chi connectivity index (χ2n) is 6.65. The molecule has 0 bridgehead atoms. The molecule has 0 spiro atoms. The fourth-order valence-corrected chi connectivity index (χ4v) is 3.95. The van der Waals surface area contributed by atoms with E-state index in [0.29, 0.717) is 6.54 Å². The number of hydrogen-bond donors (Lipinski definition) is 2. The SMILES string of the molecule is O=C(NCCCN1CCN(c2ccccc2)CC1)c1c(O)c(Cl)cc(Cl)c1Cl. The first-order chi connectivity index (χ1) is 13.5. The maximum absolute atomic E-state index is 12.3. The summed E-state index contributed by atoms with van der Waals surface area (Å²) in [6, 6.07) is 11.7. The molecule has 5 nitrogen and oxygen atoms in total. The van der Waals surface area contributed by atoms with Gasteiger partial charge in [-0.15, -0.1) is 0 Å². The van der Waals surface area contributed by atoms with Crippen LogP contribution in [0.3, 0.4) is 0 Å². The molecule has 28 heavy (non-hydrogen) atoms. The number of piperazine rings is 1. The maximum Gasteiger partial charge on any atom is 0.256 e. The van der Waals surface area contributed by atoms with E-state index < -0.39 is 5.91 Å². The summed E-state index contributed by atoms with van der Waals surface area (Å²) >= 11 is 17.8. The lowest BCUT2D eigenvalue weighted by molar-refractivity contribution is 0.0949. The van der Waals surface area contributed by atoms with Gasteiger partial charge >= 0.3 is 0 Å². The van der Waals surface area contributed by atoms with Crippen molar-refractivity contribution in [3.8, 4) is 5.75 Å². The average Bonchev–Trinajstić information content (AvgIpc) is 2.71. The van der Waals surface area contributed by atoms with Crippen molar-refractivity contribution in [2.75, 3.05) is 44.2 Å². The van der Waals surface area contributed by atoms with Gasteiger partial charge in [0.2, 0.25) is 0 Å². The Labute approximate surface area is 179 Å². The van der Waals surface area contributed by atoms with E-state index in [4.69, 9.17) is 34.8 Å². The number of phenolic OH excluding ortho intramolecular Hbond substituents is 1. The first-order valence-electron chi connectivity index (χ1n) is 9.14. The molecule has 1 aliphatic rings. The van der Waals surface area contributed by atoms with E-state index >= 15 is 0 Å². The minimum Gasteiger partial charge on any atom is -0.505 e. The molecule has 8 heteroatoms. The summed E-state index contributed by atoms with van der Waals surface area (Å²) in [4.78, 5) is 17.1. The number of nitrogens with zero attached hydrogens (tertiary/aromatic N) is 2. The highest BCUT2D eigenvalue weighted by Gasteiger charge is 2.21. The lowest BCUT2D eigenvalue weighted by Gasteiger charge is -2.36. The van der Waals surface area contributed by atoms with Gasteiger partial charge in [-0.3, -0.25) is 9.69 Å². The van der Waals surface area contributed by atoms with Crippen LogP contribution < -0.4 is 10.2 Å². The third-order valence-electron chi connectivity index (χ3n) is 4.80. The van der Waals surface area contributed by atoms with Crippen LogP contribution in [0, 0.1) is 0 Å². The van der Waals surface area contributed by atoms with Crippen LogP contribution in [-0.4, -0.2) is 55.2 Å². The molecule has 1 aliphatic heterocycles. The van der Waals surface area contributed by atoms with Crippen LogP contribution in [0.25, 0.3) is 0 Å². The Morgan fingerprint density at radius 1 is 1.04 bits per heavy atom. The molecule has 0 aliphatic carbocycles. The van der Waals surface area contributed by atoms with Gasteiger partial charge < -0.3 is 15.3 Å². The minimum atomic E-state index is -0.485. The highest BCUT2D eigenvalue weighted by molar-refractivity contribution is 6.45. The molecule has 1 heterocycles. The van der Waals surface area contributed by atoms with Crippen molar-refractivity contribution < 1.29 is 9.90 Å². The summed E-state index contributed by atoms with van der Waals surface area (Å²) in [7, 11) is 0. The average molecular weight is 443 g/mol. The van der Waals surface area contributed by atoms with Crippen molar-refractivity contribution in [2.45, 2.75) is 6.42 Å². The topological polar surface area (TPSA) is 55.8 Å². The summed E-state index contributed by atoms with van der Waals surface area (Å²) in [5.41, 5.74) is 1.17. The molecule has 1 amide bonds. The smallest absolute Gasteiger partial charge is 0.256 e. The largest absolute Gasteiger partial charge is 0.505 e. The summed E-state index contributed by atoms with van der Waals surface area (Å²) < 4.78 is 0. The number of benzene rings is 2. The number of carbonyl (C=O) groups excluding carboxylic acids is 1. The van der Waals surface area contributed by atoms with Gasteiger partial charge in [0, 0.05) is 38.4 Å². The zero-order valence-corrected chi connectivity index (χ0v) is 17.6. The van der Waals surface area contributed by atoms with Gasteiger partial charge in [-0.2, -0.15) is 0 Å². The monoisotopic (exact) mass is 441 g/mol. The van der Waals surface area contributed by atoms with Crippen molar-refractivity contribution in [3.63, 3.8) is 0 Å². The van der Waals surface area contributed by atoms with E-state index in [0.717, 1.165) is 39.1 Å². The number of halogens is 3. The number of anilines is 1. The molecule has 0 saturated carbocycles. The third kappa shape index (κ3) is 5.03. The van der Waals surface area contributed by atoms with Crippen LogP contribution in [0.4, 0.5) is 5.69 Å². The molecule has 1 saturated heterocycles. The van der Waals surface area contributed by atoms with Crippen LogP contribution >= 0.6 is 34.8 Å². The van der Waals surface area contributed by atoms with Crippen LogP contribution in [0.1, 0.15) is 16.8 Å². The van der Waals surface area contributed by atoms with E-state index in [-0.39, 0.29) is 26.4 Å². The second kappa shape index (κ2) is 9.70. The molecule has 0 unspecified atom stereocenters. The predicted molar refractivity (Wildman–Crippen MR) is 115 cm³/mol. The quantitative estimate of drug-likeness (QED) is 0.517. The molecule has 0 atom stereocenters. The Morgan fingerprint density at radius 3 is 2.39 bits per heavy atom. The van der Waals surface area contributed by atoms with E-state index in [1.165, 1.54) is 11.8 Å². The molecule has 1 fully saturated rings. The molecular formula is C20H22Cl3N3O2. The van der Waals surface area contributed by atoms with Crippen molar-refractivity contribution in [3.05, 3.63) is 57.0 Å². The lowest BCUT2D eigenvalue weighted by Crippen LogP contribution is -2.47. The van der Waals surface area contributed by atoms with Gasteiger partial charge in [0.05, 0.1) is 15.1 Å². The number of aromatic hydroxyl groups is 1. The maximum atomic E-state index is 12.3. The molecule has 2 aromatic carbocycles. The van der Waals surface area contributed by atoms with E-state index in [2.05, 4.69) is 39.4 Å². The van der Waals surface area contributed by atoms with Gasteiger partial charge in [-0.05, 0) is 31.2 Å². The first-order valence-corrected chi connectivity index (χ1v) is 10.3. The van der Waals surface area contributed by atoms with Crippen LogP contribution in [0.15, 0.2) is 36.4 Å². The second-order valence-corrected chi connectivity index (χ2v) is 7.84. The molecule has 3 rings (SSSR count). The number of phenols is 1. The van der Waals surface area contributed by atoms with Crippen molar-refractivity contribution in [1.82, 2.24) is 10.2 Å². The number of rotatable bonds is 6. The number of hydrogen-bond acceptors (Lipinski definition) is 4. The Hall–Kier alpha value is -1.66. The van der Waals surface area contributed by atoms with E-state index in [1.54, 1.807) is 0 Å². The minimum absolute atomic E-state index is 0.00176. The van der Waals surface area contributed by atoms with Crippen molar-refractivity contribution in [1.29, 1.82) is 0 Å². The van der Waals surface area contributed by atoms with Crippen LogP contribution in [0.2, 0.25) is 15.1 Å². The molecule has 0 aromatic heterocycles. The lowest BCUT2D eigenvalue weighted by atomic mass is 10.2. The fraction of sp³-hybridized carbons (Fsp3) is 0.350. The van der Waals surface area contributed by atoms with Gasteiger partial charge in [0.25, 0.3) is 5.91 Å². The van der Waals surface area contributed by atoms with E-state index in [9.17, 15) is 9.90 Å². The summed E-state index contributed by atoms with van der Waals surface area (Å²) in [5.74, 6) is -0.841. The fourth-order valence-electron chi connectivity index (χ4n) is 3.25. The van der Waals surface area contributed by atoms with Crippen LogP contribution in [-0.2, 0) is 0 Å². The van der Waals surface area contributed by atoms with Crippen LogP contribution in [0.5, 0.6) is 5.75 Å². The van der Waals surface area contributed by atoms with Crippen molar-refractivity contribution in [2.24, 2.45) is 0 Å². The highest BCUT2D eigenvalue weighted by Crippen LogP contribution is 2.38. The van der Waals surface area contributed by atoms with Gasteiger partial charge in [-0.25, -0.2) is 0 Å². The van der Waals surface area contributed by atoms with Gasteiger partial charge in [-0.1, -0.05) is 53.0 Å². The Balaban J connectivity index is 1.43. The summed E-state index contributed by atoms with van der Waals surface area (Å²) in [6.45, 7) is 5.30. The summed E-state index contributed by atoms with van der Waals surface area (Å²) in [6.07, 6.45) is 0.795. The Kier molecular flexibility index (Phi) is 7.30. The Morgan fingerprint density at radius 2 is 1.71 bits per heavy atom. The molecule has 2 aromatic rings. The number of amides is 1. The predicted octanol–water partition coefficient (Wildman–Crippen LogP) is 4.29. The van der Waals surface area contributed by atoms with E-state index in [1.807, 2.05) is 6.07 Å². The van der Waals surface area contributed by atoms with Gasteiger partial charge in [0.15, 0.2) is 0 Å². The zero-order valence-electron chi connectivity index (χ0n) is 15.3. The zero-order chi connectivity index (χ0) is 20.1. The first kappa shape index (κ1) is 21.1. The third-order valence-corrected chi connectivity index (χ3v) is 5.88. The highest BCUT2D eigenvalue weighted by atomic mass is 35.5. The molecular weight excluding hydrogens is 421 g/mol. The number of carbonyl (C=O) groups is 1. The number of para-hydroxylation sites is 1. The number of nitrogens with one attached hydrogen (secondary N) is 1. The Bertz CT molecular complexity index is 799. The molecule has 2 N–H and O–H groups in total. The molecule has 150 valence electrons. The standard InChI is InChI=1S/C20H22Cl3N3O2/c21-15-13-16(22)19(27)17(18(15)23)20(28)24-7-4-8-25-9-11-26(12-10-25)14-5-2-1-3-6-14/h1-3,5-6,13,27H,4,7-12H2,(H,24,28). The summed E-state index contributed by atoms with van der Waals surface area (Å²) in [5, 5.41) is 12.9. The molecule has 0 radical (unpaired) electrons.